The third-order valence-electron chi connectivity index (χ3n) is 3.88. The lowest BCUT2D eigenvalue weighted by Crippen LogP contribution is -2.13. The average molecular weight is 438 g/mol. The minimum absolute atomic E-state index is 0.111. The van der Waals surface area contributed by atoms with Crippen LogP contribution < -0.4 is 10.1 Å². The largest absolute Gasteiger partial charge is 0.484 e. The molecule has 1 amide bonds. The Morgan fingerprint density at radius 3 is 2.79 bits per heavy atom. The number of ether oxygens (including phenoxy) is 1. The Balaban J connectivity index is 1.49. The van der Waals surface area contributed by atoms with Crippen LogP contribution in [0.4, 0.5) is 5.69 Å². The monoisotopic (exact) mass is 437 g/mol. The van der Waals surface area contributed by atoms with E-state index in [1.54, 1.807) is 18.2 Å². The lowest BCUT2D eigenvalue weighted by molar-refractivity contribution is -0.113. The first-order valence-electron chi connectivity index (χ1n) is 8.31. The summed E-state index contributed by atoms with van der Waals surface area (Å²) in [4.78, 5) is 12.0. The molecule has 1 aromatic heterocycles. The molecule has 2 aromatic carbocycles. The molecule has 0 bridgehead atoms. The molecule has 146 valence electrons. The van der Waals surface area contributed by atoms with E-state index in [2.05, 4.69) is 15.5 Å². The van der Waals surface area contributed by atoms with Crippen LogP contribution in [0, 0.1) is 13.8 Å². The Morgan fingerprint density at radius 1 is 1.18 bits per heavy atom. The van der Waals surface area contributed by atoms with Gasteiger partial charge in [-0.1, -0.05) is 47.1 Å². The number of amides is 1. The van der Waals surface area contributed by atoms with Gasteiger partial charge in [-0.3, -0.25) is 4.79 Å². The van der Waals surface area contributed by atoms with Crippen molar-refractivity contribution in [2.45, 2.75) is 25.7 Å². The number of anilines is 1. The van der Waals surface area contributed by atoms with E-state index in [9.17, 15) is 4.79 Å². The van der Waals surface area contributed by atoms with Crippen LogP contribution in [0.15, 0.2) is 46.0 Å². The zero-order valence-corrected chi connectivity index (χ0v) is 17.5. The minimum atomic E-state index is -0.227. The fourth-order valence-electron chi connectivity index (χ4n) is 2.27. The fraction of sp³-hybridized carbons (Fsp3) is 0.211. The van der Waals surface area contributed by atoms with E-state index in [0.29, 0.717) is 26.8 Å². The lowest BCUT2D eigenvalue weighted by atomic mass is 10.1. The predicted molar refractivity (Wildman–Crippen MR) is 110 cm³/mol. The smallest absolute Gasteiger partial charge is 0.277 e. The van der Waals surface area contributed by atoms with Gasteiger partial charge in [0.1, 0.15) is 5.75 Å². The van der Waals surface area contributed by atoms with Gasteiger partial charge in [-0.25, -0.2) is 0 Å². The molecule has 3 aromatic rings. The van der Waals surface area contributed by atoms with Gasteiger partial charge in [-0.2, -0.15) is 0 Å². The molecule has 0 spiro atoms. The summed E-state index contributed by atoms with van der Waals surface area (Å²) >= 11 is 12.9. The zero-order chi connectivity index (χ0) is 20.1. The number of carbonyl (C=O) groups excluding carboxylic acids is 1. The molecular formula is C19H17Cl2N3O3S. The first-order valence-corrected chi connectivity index (χ1v) is 10.1. The summed E-state index contributed by atoms with van der Waals surface area (Å²) in [7, 11) is 0. The van der Waals surface area contributed by atoms with Crippen molar-refractivity contribution in [1.82, 2.24) is 10.2 Å². The van der Waals surface area contributed by atoms with Crippen molar-refractivity contribution in [2.24, 2.45) is 0 Å². The Labute approximate surface area is 176 Å². The normalized spacial score (nSPS) is 10.7. The molecular weight excluding hydrogens is 421 g/mol. The standard InChI is InChI=1S/C19H17Cl2N3O3S/c1-11-4-3-5-16(12(11)2)26-9-18-23-24-19(27-18)28-10-17(25)22-13-6-7-14(20)15(21)8-13/h3-8H,9-10H2,1-2H3,(H,22,25). The highest BCUT2D eigenvalue weighted by Gasteiger charge is 2.12. The highest BCUT2D eigenvalue weighted by molar-refractivity contribution is 7.99. The highest BCUT2D eigenvalue weighted by Crippen LogP contribution is 2.26. The lowest BCUT2D eigenvalue weighted by Gasteiger charge is -2.08. The molecule has 0 aliphatic rings. The topological polar surface area (TPSA) is 77.2 Å². The van der Waals surface area contributed by atoms with Gasteiger partial charge in [-0.15, -0.1) is 10.2 Å². The van der Waals surface area contributed by atoms with Crippen LogP contribution in [0.5, 0.6) is 5.75 Å². The summed E-state index contributed by atoms with van der Waals surface area (Å²) in [5.74, 6) is 0.996. The summed E-state index contributed by atoms with van der Waals surface area (Å²) in [6.45, 7) is 4.17. The molecule has 3 rings (SSSR count). The number of aromatic nitrogens is 2. The van der Waals surface area contributed by atoms with Crippen molar-refractivity contribution in [1.29, 1.82) is 0 Å². The first-order chi connectivity index (χ1) is 13.4. The Kier molecular flexibility index (Phi) is 6.83. The summed E-state index contributed by atoms with van der Waals surface area (Å²) in [6, 6.07) is 10.7. The molecule has 0 saturated carbocycles. The van der Waals surface area contributed by atoms with Gasteiger partial charge in [0.25, 0.3) is 11.1 Å². The molecule has 6 nitrogen and oxygen atoms in total. The van der Waals surface area contributed by atoms with Gasteiger partial charge in [0.2, 0.25) is 5.91 Å². The van der Waals surface area contributed by atoms with Crippen LogP contribution in [0.1, 0.15) is 17.0 Å². The molecule has 0 fully saturated rings. The highest BCUT2D eigenvalue weighted by atomic mass is 35.5. The third kappa shape index (κ3) is 5.41. The second-order valence-corrected chi connectivity index (χ2v) is 7.66. The molecule has 1 heterocycles. The van der Waals surface area contributed by atoms with Crippen molar-refractivity contribution in [3.63, 3.8) is 0 Å². The average Bonchev–Trinajstić information content (AvgIpc) is 3.12. The summed E-state index contributed by atoms with van der Waals surface area (Å²) in [6.07, 6.45) is 0. The van der Waals surface area contributed by atoms with E-state index in [1.165, 1.54) is 0 Å². The van der Waals surface area contributed by atoms with Gasteiger partial charge < -0.3 is 14.5 Å². The van der Waals surface area contributed by atoms with Crippen LogP contribution >= 0.6 is 35.0 Å². The quantitative estimate of drug-likeness (QED) is 0.505. The molecule has 0 atom stereocenters. The third-order valence-corrected chi connectivity index (χ3v) is 5.44. The van der Waals surface area contributed by atoms with Crippen LogP contribution in [0.2, 0.25) is 10.0 Å². The molecule has 0 aliphatic heterocycles. The second-order valence-electron chi connectivity index (χ2n) is 5.91. The van der Waals surface area contributed by atoms with Crippen LogP contribution in [-0.4, -0.2) is 21.9 Å². The number of benzene rings is 2. The molecule has 1 N–H and O–H groups in total. The van der Waals surface area contributed by atoms with Gasteiger partial charge >= 0.3 is 0 Å². The van der Waals surface area contributed by atoms with E-state index in [1.807, 2.05) is 32.0 Å². The van der Waals surface area contributed by atoms with Gasteiger partial charge in [0, 0.05) is 5.69 Å². The Hall–Kier alpha value is -2.22. The van der Waals surface area contributed by atoms with E-state index in [0.717, 1.165) is 28.6 Å². The SMILES string of the molecule is Cc1cccc(OCc2nnc(SCC(=O)Nc3ccc(Cl)c(Cl)c3)o2)c1C. The molecule has 0 radical (unpaired) electrons. The van der Waals surface area contributed by atoms with Crippen molar-refractivity contribution in [2.75, 3.05) is 11.1 Å². The zero-order valence-electron chi connectivity index (χ0n) is 15.2. The number of nitrogens with one attached hydrogen (secondary N) is 1. The molecule has 9 heteroatoms. The molecule has 0 unspecified atom stereocenters. The van der Waals surface area contributed by atoms with Crippen molar-refractivity contribution >= 4 is 46.6 Å². The second kappa shape index (κ2) is 9.32. The number of carbonyl (C=O) groups is 1. The number of hydrogen-bond acceptors (Lipinski definition) is 6. The number of aryl methyl sites for hydroxylation is 1. The number of thioether (sulfide) groups is 1. The molecule has 0 aliphatic carbocycles. The van der Waals surface area contributed by atoms with E-state index >= 15 is 0 Å². The summed E-state index contributed by atoms with van der Waals surface area (Å²) < 4.78 is 11.2. The molecule has 0 saturated heterocycles. The van der Waals surface area contributed by atoms with Crippen LogP contribution in [-0.2, 0) is 11.4 Å². The predicted octanol–water partition coefficient (Wildman–Crippen LogP) is 5.30. The Morgan fingerprint density at radius 2 is 2.00 bits per heavy atom. The minimum Gasteiger partial charge on any atom is -0.484 e. The van der Waals surface area contributed by atoms with Gasteiger partial charge in [0.15, 0.2) is 6.61 Å². The van der Waals surface area contributed by atoms with Crippen LogP contribution in [0.25, 0.3) is 0 Å². The summed E-state index contributed by atoms with van der Waals surface area (Å²) in [5, 5.41) is 11.7. The van der Waals surface area contributed by atoms with Gasteiger partial charge in [-0.05, 0) is 49.2 Å². The van der Waals surface area contributed by atoms with Crippen molar-refractivity contribution in [3.8, 4) is 5.75 Å². The van der Waals surface area contributed by atoms with E-state index in [-0.39, 0.29) is 18.3 Å². The first kappa shape index (κ1) is 20.5. The van der Waals surface area contributed by atoms with E-state index < -0.39 is 0 Å². The number of halogens is 2. The van der Waals surface area contributed by atoms with Crippen molar-refractivity contribution < 1.29 is 13.9 Å². The van der Waals surface area contributed by atoms with E-state index in [4.69, 9.17) is 32.4 Å². The Bertz CT molecular complexity index is 994. The fourth-order valence-corrected chi connectivity index (χ4v) is 3.15. The van der Waals surface area contributed by atoms with Gasteiger partial charge in [0.05, 0.1) is 15.8 Å². The molecule has 28 heavy (non-hydrogen) atoms. The maximum absolute atomic E-state index is 12.0. The van der Waals surface area contributed by atoms with Crippen LogP contribution in [0.3, 0.4) is 0 Å². The number of rotatable bonds is 7. The van der Waals surface area contributed by atoms with Crippen molar-refractivity contribution in [3.05, 3.63) is 63.5 Å². The summed E-state index contributed by atoms with van der Waals surface area (Å²) in [5.41, 5.74) is 2.77. The number of hydrogen-bond donors (Lipinski definition) is 1. The maximum Gasteiger partial charge on any atom is 0.277 e. The maximum atomic E-state index is 12.0. The number of nitrogens with zero attached hydrogens (tertiary/aromatic N) is 2.